The van der Waals surface area contributed by atoms with Crippen molar-refractivity contribution in [3.8, 4) is 5.69 Å². The van der Waals surface area contributed by atoms with Gasteiger partial charge >= 0.3 is 0 Å². The lowest BCUT2D eigenvalue weighted by molar-refractivity contribution is -0.119. The van der Waals surface area contributed by atoms with Gasteiger partial charge in [-0.1, -0.05) is 69.8 Å². The molecule has 0 saturated carbocycles. The zero-order chi connectivity index (χ0) is 24.0. The van der Waals surface area contributed by atoms with Gasteiger partial charge in [0.05, 0.1) is 17.5 Å². The Hall–Kier alpha value is -3.13. The van der Waals surface area contributed by atoms with Crippen molar-refractivity contribution < 1.29 is 9.59 Å². The molecule has 2 aromatic carbocycles. The van der Waals surface area contributed by atoms with E-state index in [9.17, 15) is 9.59 Å². The number of rotatable bonds is 9. The Morgan fingerprint density at radius 1 is 1.03 bits per heavy atom. The molecule has 3 rings (SSSR count). The van der Waals surface area contributed by atoms with E-state index >= 15 is 0 Å². The summed E-state index contributed by atoms with van der Waals surface area (Å²) in [6.45, 7) is 10.0. The molecular formula is C25H31N5O2S. The lowest BCUT2D eigenvalue weighted by atomic mass is 9.93. The number of thioether (sulfide) groups is 1. The molecule has 0 aliphatic heterocycles. The highest BCUT2D eigenvalue weighted by atomic mass is 32.2. The second-order valence-electron chi connectivity index (χ2n) is 8.61. The summed E-state index contributed by atoms with van der Waals surface area (Å²) in [5.41, 5.74) is 3.88. The van der Waals surface area contributed by atoms with Gasteiger partial charge < -0.3 is 10.6 Å². The molecule has 1 atom stereocenters. The molecule has 8 heteroatoms. The maximum atomic E-state index is 12.8. The number of carbonyl (C=O) groups excluding carboxylic acids is 2. The summed E-state index contributed by atoms with van der Waals surface area (Å²) in [6.07, 6.45) is 1.60. The van der Waals surface area contributed by atoms with Gasteiger partial charge in [0.15, 0.2) is 5.16 Å². The summed E-state index contributed by atoms with van der Waals surface area (Å²) >= 11 is 1.32. The molecule has 1 unspecified atom stereocenters. The minimum atomic E-state index is -0.138. The van der Waals surface area contributed by atoms with Crippen molar-refractivity contribution in [2.75, 3.05) is 11.1 Å². The monoisotopic (exact) mass is 465 g/mol. The van der Waals surface area contributed by atoms with Gasteiger partial charge in [-0.3, -0.25) is 14.2 Å². The quantitative estimate of drug-likeness (QED) is 0.436. The number of benzene rings is 2. The van der Waals surface area contributed by atoms with Gasteiger partial charge in [0, 0.05) is 12.6 Å². The molecule has 2 amide bonds. The van der Waals surface area contributed by atoms with Crippen LogP contribution in [-0.4, -0.2) is 32.3 Å². The first-order valence-electron chi connectivity index (χ1n) is 11.0. The number of carbonyl (C=O) groups is 2. The number of nitrogens with zero attached hydrogens (tertiary/aromatic N) is 3. The maximum absolute atomic E-state index is 12.8. The van der Waals surface area contributed by atoms with Crippen LogP contribution in [0.5, 0.6) is 0 Å². The van der Waals surface area contributed by atoms with Gasteiger partial charge in [-0.05, 0) is 41.2 Å². The molecular weight excluding hydrogens is 434 g/mol. The second kappa shape index (κ2) is 11.1. The fourth-order valence-electron chi connectivity index (χ4n) is 3.51. The van der Waals surface area contributed by atoms with Crippen molar-refractivity contribution in [2.24, 2.45) is 5.92 Å². The summed E-state index contributed by atoms with van der Waals surface area (Å²) in [5, 5.41) is 14.7. The van der Waals surface area contributed by atoms with Crippen LogP contribution in [0.15, 0.2) is 60.0 Å². The Bertz CT molecular complexity index is 1090. The lowest BCUT2D eigenvalue weighted by Gasteiger charge is -2.23. The van der Waals surface area contributed by atoms with Gasteiger partial charge in [-0.25, -0.2) is 0 Å². The SMILES string of the molecule is CC(=O)Nc1cccc(-n2cnnc2SCC(=O)NC(c2ccc(C(C)C)cc2)C(C)C)c1. The van der Waals surface area contributed by atoms with Crippen LogP contribution in [-0.2, 0) is 9.59 Å². The van der Waals surface area contributed by atoms with Gasteiger partial charge in [0.25, 0.3) is 0 Å². The van der Waals surface area contributed by atoms with Crippen molar-refractivity contribution in [3.63, 3.8) is 0 Å². The molecule has 3 aromatic rings. The number of anilines is 1. The van der Waals surface area contributed by atoms with Crippen LogP contribution >= 0.6 is 11.8 Å². The van der Waals surface area contributed by atoms with E-state index in [-0.39, 0.29) is 29.5 Å². The fourth-order valence-corrected chi connectivity index (χ4v) is 4.25. The van der Waals surface area contributed by atoms with Crippen LogP contribution in [0.1, 0.15) is 57.7 Å². The standard InChI is InChI=1S/C25H31N5O2S/c1-16(2)19-9-11-20(12-10-19)24(17(3)4)28-23(32)14-33-25-29-26-15-30(25)22-8-6-7-21(13-22)27-18(5)31/h6-13,15-17,24H,14H2,1-5H3,(H,27,31)(H,28,32). The number of hydrogen-bond acceptors (Lipinski definition) is 5. The smallest absolute Gasteiger partial charge is 0.230 e. The first-order valence-corrected chi connectivity index (χ1v) is 12.0. The fraction of sp³-hybridized carbons (Fsp3) is 0.360. The third-order valence-corrected chi connectivity index (χ3v) is 6.18. The summed E-state index contributed by atoms with van der Waals surface area (Å²) in [5.74, 6) is 0.744. The predicted molar refractivity (Wildman–Crippen MR) is 133 cm³/mol. The van der Waals surface area contributed by atoms with Crippen molar-refractivity contribution in [2.45, 2.75) is 51.7 Å². The van der Waals surface area contributed by atoms with Gasteiger partial charge in [-0.2, -0.15) is 0 Å². The number of aromatic nitrogens is 3. The van der Waals surface area contributed by atoms with Crippen LogP contribution in [0.25, 0.3) is 5.69 Å². The minimum Gasteiger partial charge on any atom is -0.348 e. The first-order chi connectivity index (χ1) is 15.7. The summed E-state index contributed by atoms with van der Waals surface area (Å²) in [4.78, 5) is 24.1. The summed E-state index contributed by atoms with van der Waals surface area (Å²) < 4.78 is 1.80. The van der Waals surface area contributed by atoms with E-state index in [1.165, 1.54) is 24.2 Å². The molecule has 0 bridgehead atoms. The number of hydrogen-bond donors (Lipinski definition) is 2. The van der Waals surface area contributed by atoms with E-state index in [0.29, 0.717) is 16.8 Å². The van der Waals surface area contributed by atoms with Crippen LogP contribution in [0, 0.1) is 5.92 Å². The minimum absolute atomic E-state index is 0.0619. The molecule has 0 fully saturated rings. The van der Waals surface area contributed by atoms with Crippen molar-refractivity contribution in [1.29, 1.82) is 0 Å². The topological polar surface area (TPSA) is 88.9 Å². The Balaban J connectivity index is 1.66. The molecule has 0 aliphatic carbocycles. The van der Waals surface area contributed by atoms with Crippen molar-refractivity contribution in [3.05, 3.63) is 66.0 Å². The lowest BCUT2D eigenvalue weighted by Crippen LogP contribution is -2.33. The zero-order valence-corrected chi connectivity index (χ0v) is 20.5. The average molecular weight is 466 g/mol. The van der Waals surface area contributed by atoms with E-state index in [4.69, 9.17) is 0 Å². The highest BCUT2D eigenvalue weighted by Gasteiger charge is 2.19. The number of nitrogens with one attached hydrogen (secondary N) is 2. The Kier molecular flexibility index (Phi) is 8.27. The van der Waals surface area contributed by atoms with Crippen LogP contribution < -0.4 is 10.6 Å². The van der Waals surface area contributed by atoms with E-state index in [1.54, 1.807) is 10.9 Å². The molecule has 1 heterocycles. The van der Waals surface area contributed by atoms with Crippen molar-refractivity contribution >= 4 is 29.3 Å². The van der Waals surface area contributed by atoms with Gasteiger partial charge in [-0.15, -0.1) is 10.2 Å². The zero-order valence-electron chi connectivity index (χ0n) is 19.7. The maximum Gasteiger partial charge on any atom is 0.230 e. The number of amides is 2. The summed E-state index contributed by atoms with van der Waals surface area (Å²) in [7, 11) is 0. The highest BCUT2D eigenvalue weighted by molar-refractivity contribution is 7.99. The third kappa shape index (κ3) is 6.68. The van der Waals surface area contributed by atoms with E-state index in [1.807, 2.05) is 24.3 Å². The molecule has 0 radical (unpaired) electrons. The molecule has 0 spiro atoms. The Labute approximate surface area is 199 Å². The molecule has 33 heavy (non-hydrogen) atoms. The normalized spacial score (nSPS) is 12.1. The Morgan fingerprint density at radius 3 is 2.36 bits per heavy atom. The second-order valence-corrected chi connectivity index (χ2v) is 9.56. The van der Waals surface area contributed by atoms with Crippen LogP contribution in [0.4, 0.5) is 5.69 Å². The Morgan fingerprint density at radius 2 is 1.73 bits per heavy atom. The predicted octanol–water partition coefficient (Wildman–Crippen LogP) is 4.95. The van der Waals surface area contributed by atoms with Gasteiger partial charge in [0.2, 0.25) is 11.8 Å². The third-order valence-electron chi connectivity index (χ3n) is 5.24. The highest BCUT2D eigenvalue weighted by Crippen LogP contribution is 2.25. The molecule has 0 saturated heterocycles. The van der Waals surface area contributed by atoms with E-state index < -0.39 is 0 Å². The van der Waals surface area contributed by atoms with E-state index in [2.05, 4.69) is 72.8 Å². The largest absolute Gasteiger partial charge is 0.348 e. The van der Waals surface area contributed by atoms with Crippen LogP contribution in [0.3, 0.4) is 0 Å². The average Bonchev–Trinajstić information content (AvgIpc) is 3.24. The van der Waals surface area contributed by atoms with E-state index in [0.717, 1.165) is 11.3 Å². The summed E-state index contributed by atoms with van der Waals surface area (Å²) in [6, 6.07) is 15.8. The van der Waals surface area contributed by atoms with Crippen LogP contribution in [0.2, 0.25) is 0 Å². The first kappa shape index (κ1) is 24.5. The van der Waals surface area contributed by atoms with Gasteiger partial charge in [0.1, 0.15) is 6.33 Å². The van der Waals surface area contributed by atoms with Crippen molar-refractivity contribution in [1.82, 2.24) is 20.1 Å². The molecule has 2 N–H and O–H groups in total. The molecule has 174 valence electrons. The molecule has 7 nitrogen and oxygen atoms in total. The molecule has 1 aromatic heterocycles. The molecule has 0 aliphatic rings.